The average Bonchev–Trinajstić information content (AvgIpc) is 2.37. The zero-order valence-electron chi connectivity index (χ0n) is 12.5. The molecule has 0 spiro atoms. The van der Waals surface area contributed by atoms with E-state index in [2.05, 4.69) is 34.6 Å². The predicted molar refractivity (Wildman–Crippen MR) is 74.2 cm³/mol. The molecule has 0 amide bonds. The predicted octanol–water partition coefficient (Wildman–Crippen LogP) is 4.02. The van der Waals surface area contributed by atoms with Crippen molar-refractivity contribution in [2.24, 2.45) is 10.8 Å². The smallest absolute Gasteiger partial charge is 0.0523 e. The van der Waals surface area contributed by atoms with Crippen molar-refractivity contribution in [1.29, 1.82) is 0 Å². The Hall–Kier alpha value is -0.0800. The molecular formula is C15H32O2. The van der Waals surface area contributed by atoms with Crippen molar-refractivity contribution >= 4 is 0 Å². The molecule has 2 nitrogen and oxygen atoms in total. The van der Waals surface area contributed by atoms with Crippen molar-refractivity contribution in [2.45, 2.75) is 66.7 Å². The quantitative estimate of drug-likeness (QED) is 0.629. The van der Waals surface area contributed by atoms with Gasteiger partial charge in [-0.3, -0.25) is 0 Å². The fourth-order valence-electron chi connectivity index (χ4n) is 2.09. The molecule has 2 heteroatoms. The lowest BCUT2D eigenvalue weighted by Gasteiger charge is -2.33. The van der Waals surface area contributed by atoms with Gasteiger partial charge in [0, 0.05) is 6.61 Å². The standard InChI is InChI=1S/C15H32O2/c1-6-14(5,7-2)12-17-13-15(8-3,9-4)10-11-16/h16H,6-13H2,1-5H3. The molecule has 0 bridgehead atoms. The zero-order valence-corrected chi connectivity index (χ0v) is 12.5. The van der Waals surface area contributed by atoms with Crippen LogP contribution in [0.15, 0.2) is 0 Å². The lowest BCUT2D eigenvalue weighted by Crippen LogP contribution is -2.30. The maximum Gasteiger partial charge on any atom is 0.0523 e. The van der Waals surface area contributed by atoms with Crippen molar-refractivity contribution in [3.8, 4) is 0 Å². The minimum absolute atomic E-state index is 0.178. The van der Waals surface area contributed by atoms with Gasteiger partial charge in [0.05, 0.1) is 13.2 Å². The second kappa shape index (κ2) is 8.10. The second-order valence-corrected chi connectivity index (χ2v) is 5.69. The van der Waals surface area contributed by atoms with Gasteiger partial charge in [-0.2, -0.15) is 0 Å². The molecule has 0 atom stereocenters. The molecule has 0 saturated heterocycles. The van der Waals surface area contributed by atoms with Crippen LogP contribution in [-0.2, 0) is 4.74 Å². The first kappa shape index (κ1) is 16.9. The summed E-state index contributed by atoms with van der Waals surface area (Å²) in [5.41, 5.74) is 0.490. The van der Waals surface area contributed by atoms with Crippen LogP contribution in [0.5, 0.6) is 0 Å². The topological polar surface area (TPSA) is 29.5 Å². The van der Waals surface area contributed by atoms with E-state index in [9.17, 15) is 0 Å². The first-order valence-corrected chi connectivity index (χ1v) is 7.20. The van der Waals surface area contributed by atoms with E-state index >= 15 is 0 Å². The summed E-state index contributed by atoms with van der Waals surface area (Å²) in [4.78, 5) is 0. The molecule has 0 heterocycles. The van der Waals surface area contributed by atoms with Crippen LogP contribution in [0.1, 0.15) is 66.7 Å². The van der Waals surface area contributed by atoms with Crippen molar-refractivity contribution in [3.05, 3.63) is 0 Å². The highest BCUT2D eigenvalue weighted by molar-refractivity contribution is 4.77. The maximum absolute atomic E-state index is 9.16. The monoisotopic (exact) mass is 244 g/mol. The second-order valence-electron chi connectivity index (χ2n) is 5.69. The molecule has 17 heavy (non-hydrogen) atoms. The average molecular weight is 244 g/mol. The molecule has 104 valence electrons. The van der Waals surface area contributed by atoms with Crippen molar-refractivity contribution < 1.29 is 9.84 Å². The maximum atomic E-state index is 9.16. The van der Waals surface area contributed by atoms with E-state index in [-0.39, 0.29) is 12.0 Å². The summed E-state index contributed by atoms with van der Waals surface area (Å²) in [7, 11) is 0. The number of aliphatic hydroxyl groups is 1. The summed E-state index contributed by atoms with van der Waals surface area (Å²) in [6.07, 6.45) is 5.34. The van der Waals surface area contributed by atoms with E-state index in [1.807, 2.05) is 0 Å². The minimum atomic E-state index is 0.178. The molecule has 0 aromatic rings. The minimum Gasteiger partial charge on any atom is -0.396 e. The van der Waals surface area contributed by atoms with Crippen molar-refractivity contribution in [2.75, 3.05) is 19.8 Å². The Morgan fingerprint density at radius 3 is 1.76 bits per heavy atom. The van der Waals surface area contributed by atoms with Gasteiger partial charge in [-0.25, -0.2) is 0 Å². The highest BCUT2D eigenvalue weighted by atomic mass is 16.5. The molecule has 0 aromatic carbocycles. The highest BCUT2D eigenvalue weighted by Crippen LogP contribution is 2.32. The van der Waals surface area contributed by atoms with Crippen LogP contribution in [0.4, 0.5) is 0 Å². The van der Waals surface area contributed by atoms with Crippen LogP contribution >= 0.6 is 0 Å². The van der Waals surface area contributed by atoms with Gasteiger partial charge >= 0.3 is 0 Å². The number of ether oxygens (including phenoxy) is 1. The van der Waals surface area contributed by atoms with Gasteiger partial charge in [-0.05, 0) is 42.9 Å². The van der Waals surface area contributed by atoms with E-state index in [0.717, 1.165) is 45.3 Å². The van der Waals surface area contributed by atoms with Gasteiger partial charge in [0.15, 0.2) is 0 Å². The van der Waals surface area contributed by atoms with E-state index in [4.69, 9.17) is 9.84 Å². The molecule has 0 radical (unpaired) electrons. The number of hydrogen-bond donors (Lipinski definition) is 1. The highest BCUT2D eigenvalue weighted by Gasteiger charge is 2.27. The van der Waals surface area contributed by atoms with Gasteiger partial charge in [0.2, 0.25) is 0 Å². The molecule has 0 saturated carbocycles. The third-order valence-electron chi connectivity index (χ3n) is 4.71. The van der Waals surface area contributed by atoms with Crippen LogP contribution in [0.25, 0.3) is 0 Å². The molecule has 0 fully saturated rings. The van der Waals surface area contributed by atoms with Crippen LogP contribution in [0.3, 0.4) is 0 Å². The molecule has 0 rings (SSSR count). The zero-order chi connectivity index (χ0) is 13.4. The fraction of sp³-hybridized carbons (Fsp3) is 1.00. The summed E-state index contributed by atoms with van der Waals surface area (Å²) >= 11 is 0. The Morgan fingerprint density at radius 2 is 1.41 bits per heavy atom. The summed E-state index contributed by atoms with van der Waals surface area (Å²) in [6.45, 7) is 13.0. The molecule has 0 aliphatic carbocycles. The number of hydrogen-bond acceptors (Lipinski definition) is 2. The lowest BCUT2D eigenvalue weighted by atomic mass is 9.80. The number of aliphatic hydroxyl groups excluding tert-OH is 1. The fourth-order valence-corrected chi connectivity index (χ4v) is 2.09. The van der Waals surface area contributed by atoms with Gasteiger partial charge < -0.3 is 9.84 Å². The van der Waals surface area contributed by atoms with Gasteiger partial charge in [0.1, 0.15) is 0 Å². The molecule has 1 N–H and O–H groups in total. The lowest BCUT2D eigenvalue weighted by molar-refractivity contribution is -0.0178. The van der Waals surface area contributed by atoms with Crippen LogP contribution in [0, 0.1) is 10.8 Å². The first-order chi connectivity index (χ1) is 8.01. The van der Waals surface area contributed by atoms with Crippen molar-refractivity contribution in [3.63, 3.8) is 0 Å². The Kier molecular flexibility index (Phi) is 8.06. The summed E-state index contributed by atoms with van der Waals surface area (Å²) in [5.74, 6) is 0. The SMILES string of the molecule is CCC(C)(CC)COCC(CC)(CC)CCO. The summed E-state index contributed by atoms with van der Waals surface area (Å²) in [5, 5.41) is 9.16. The van der Waals surface area contributed by atoms with E-state index in [0.29, 0.717) is 5.41 Å². The molecule has 0 aromatic heterocycles. The van der Waals surface area contributed by atoms with Crippen molar-refractivity contribution in [1.82, 2.24) is 0 Å². The largest absolute Gasteiger partial charge is 0.396 e. The van der Waals surface area contributed by atoms with Gasteiger partial charge in [-0.15, -0.1) is 0 Å². The Morgan fingerprint density at radius 1 is 0.882 bits per heavy atom. The van der Waals surface area contributed by atoms with E-state index in [1.165, 1.54) is 0 Å². The third-order valence-corrected chi connectivity index (χ3v) is 4.71. The first-order valence-electron chi connectivity index (χ1n) is 7.20. The van der Waals surface area contributed by atoms with Gasteiger partial charge in [-0.1, -0.05) is 34.6 Å². The third kappa shape index (κ3) is 5.39. The summed E-state index contributed by atoms with van der Waals surface area (Å²) in [6, 6.07) is 0. The number of rotatable bonds is 10. The van der Waals surface area contributed by atoms with Gasteiger partial charge in [0.25, 0.3) is 0 Å². The van der Waals surface area contributed by atoms with Crippen LogP contribution in [0.2, 0.25) is 0 Å². The van der Waals surface area contributed by atoms with E-state index < -0.39 is 0 Å². The molecule has 0 aliphatic heterocycles. The van der Waals surface area contributed by atoms with Crippen LogP contribution < -0.4 is 0 Å². The molecule has 0 unspecified atom stereocenters. The molecular weight excluding hydrogens is 212 g/mol. The Labute approximate surface area is 108 Å². The Balaban J connectivity index is 4.22. The Bertz CT molecular complexity index is 181. The normalized spacial score (nSPS) is 13.1. The van der Waals surface area contributed by atoms with Crippen LogP contribution in [-0.4, -0.2) is 24.9 Å². The summed E-state index contributed by atoms with van der Waals surface area (Å²) < 4.78 is 5.97. The molecule has 0 aliphatic rings. The van der Waals surface area contributed by atoms with E-state index in [1.54, 1.807) is 0 Å².